The van der Waals surface area contributed by atoms with Crippen LogP contribution in [-0.4, -0.2) is 27.2 Å². The van der Waals surface area contributed by atoms with Crippen molar-refractivity contribution in [3.8, 4) is 5.75 Å². The Balaban J connectivity index is 1.59. The fraction of sp³-hybridized carbons (Fsp3) is 0.389. The Morgan fingerprint density at radius 2 is 1.79 bits per heavy atom. The number of aryl methyl sites for hydroxylation is 1. The maximum atomic E-state index is 14.3. The molecular formula is C36H43FN2O4. The molecule has 6 nitrogen and oxygen atoms in total. The van der Waals surface area contributed by atoms with Crippen LogP contribution >= 0.6 is 0 Å². The molecule has 1 atom stereocenters. The number of halogens is 1. The van der Waals surface area contributed by atoms with E-state index in [1.807, 2.05) is 49.4 Å². The lowest BCUT2D eigenvalue weighted by Crippen LogP contribution is -2.37. The fourth-order valence-electron chi connectivity index (χ4n) is 5.29. The van der Waals surface area contributed by atoms with Crippen LogP contribution < -0.4 is 10.1 Å². The van der Waals surface area contributed by atoms with Gasteiger partial charge in [-0.15, -0.1) is 0 Å². The minimum Gasteiger partial charge on any atom is -0.478 e. The van der Waals surface area contributed by atoms with E-state index in [1.54, 1.807) is 12.1 Å². The van der Waals surface area contributed by atoms with Crippen LogP contribution in [0.15, 0.2) is 66.9 Å². The zero-order chi connectivity index (χ0) is 31.3. The first-order chi connectivity index (χ1) is 20.4. The number of fused-ring (bicyclic) bond motifs is 1. The molecule has 0 saturated carbocycles. The van der Waals surface area contributed by atoms with Crippen molar-refractivity contribution in [3.63, 3.8) is 0 Å². The van der Waals surface area contributed by atoms with Gasteiger partial charge in [0.25, 0.3) is 5.91 Å². The van der Waals surface area contributed by atoms with Crippen LogP contribution in [0.25, 0.3) is 10.9 Å². The van der Waals surface area contributed by atoms with E-state index in [2.05, 4.69) is 36.9 Å². The largest absolute Gasteiger partial charge is 0.478 e. The number of nitrogens with zero attached hydrogens (tertiary/aromatic N) is 1. The lowest BCUT2D eigenvalue weighted by Gasteiger charge is -2.21. The average Bonchev–Trinajstić information content (AvgIpc) is 3.26. The Morgan fingerprint density at radius 3 is 2.49 bits per heavy atom. The summed E-state index contributed by atoms with van der Waals surface area (Å²) in [4.78, 5) is 24.9. The normalized spacial score (nSPS) is 12.5. The van der Waals surface area contributed by atoms with Crippen molar-refractivity contribution in [2.24, 2.45) is 5.92 Å². The first-order valence-corrected chi connectivity index (χ1v) is 15.1. The van der Waals surface area contributed by atoms with Crippen LogP contribution in [0.1, 0.15) is 93.0 Å². The summed E-state index contributed by atoms with van der Waals surface area (Å²) in [7, 11) is 0. The molecule has 1 heterocycles. The van der Waals surface area contributed by atoms with Crippen molar-refractivity contribution in [2.45, 2.75) is 85.4 Å². The first-order valence-electron chi connectivity index (χ1n) is 15.1. The number of hydrogen-bond acceptors (Lipinski definition) is 3. The monoisotopic (exact) mass is 586 g/mol. The molecule has 0 spiro atoms. The highest BCUT2D eigenvalue weighted by molar-refractivity contribution is 5.99. The second-order valence-electron chi connectivity index (χ2n) is 12.4. The summed E-state index contributed by atoms with van der Waals surface area (Å²) in [6.07, 6.45) is 5.59. The molecule has 4 aromatic rings. The number of carboxylic acids is 1. The van der Waals surface area contributed by atoms with Gasteiger partial charge in [-0.1, -0.05) is 51.5 Å². The SMILES string of the molecule is CCCCc1cc(F)cc([C@H](C)NC(=O)c2ccc3c(Cc4cccc(OC(C)(C)C(=O)O)c4)cn(CC(C)C)c3c2)c1. The maximum absolute atomic E-state index is 14.3. The predicted molar refractivity (Wildman–Crippen MR) is 169 cm³/mol. The molecule has 0 radical (unpaired) electrons. The topological polar surface area (TPSA) is 80.6 Å². The van der Waals surface area contributed by atoms with E-state index in [1.165, 1.54) is 19.9 Å². The molecule has 7 heteroatoms. The molecular weight excluding hydrogens is 543 g/mol. The number of benzene rings is 3. The van der Waals surface area contributed by atoms with Gasteiger partial charge in [0.1, 0.15) is 11.6 Å². The van der Waals surface area contributed by atoms with Gasteiger partial charge in [0.15, 0.2) is 5.60 Å². The van der Waals surface area contributed by atoms with Gasteiger partial charge in [0.05, 0.1) is 6.04 Å². The fourth-order valence-corrected chi connectivity index (χ4v) is 5.29. The van der Waals surface area contributed by atoms with E-state index in [0.717, 1.165) is 59.0 Å². The summed E-state index contributed by atoms with van der Waals surface area (Å²) in [5.74, 6) is -0.631. The van der Waals surface area contributed by atoms with Crippen LogP contribution in [0.5, 0.6) is 5.75 Å². The number of hydrogen-bond donors (Lipinski definition) is 2. The van der Waals surface area contributed by atoms with E-state index in [9.17, 15) is 19.1 Å². The van der Waals surface area contributed by atoms with Gasteiger partial charge < -0.3 is 19.7 Å². The number of aromatic nitrogens is 1. The minimum atomic E-state index is -1.34. The summed E-state index contributed by atoms with van der Waals surface area (Å²) in [6, 6.07) is 17.9. The Bertz CT molecular complexity index is 1600. The van der Waals surface area contributed by atoms with E-state index in [4.69, 9.17) is 4.74 Å². The van der Waals surface area contributed by atoms with E-state index >= 15 is 0 Å². The zero-order valence-electron chi connectivity index (χ0n) is 26.0. The Hall–Kier alpha value is -4.13. The molecule has 0 bridgehead atoms. The van der Waals surface area contributed by atoms with Crippen LogP contribution in [0.3, 0.4) is 0 Å². The smallest absolute Gasteiger partial charge is 0.347 e. The quantitative estimate of drug-likeness (QED) is 0.166. The van der Waals surface area contributed by atoms with E-state index < -0.39 is 11.6 Å². The number of carbonyl (C=O) groups is 2. The first kappa shape index (κ1) is 31.8. The van der Waals surface area contributed by atoms with Gasteiger partial charge in [-0.25, -0.2) is 9.18 Å². The highest BCUT2D eigenvalue weighted by Crippen LogP contribution is 2.28. The molecule has 0 aliphatic rings. The molecule has 2 N–H and O–H groups in total. The third kappa shape index (κ3) is 8.04. The molecule has 1 aromatic heterocycles. The molecule has 0 aliphatic heterocycles. The number of ether oxygens (including phenoxy) is 1. The third-order valence-electron chi connectivity index (χ3n) is 7.62. The van der Waals surface area contributed by atoms with Crippen LogP contribution in [0.4, 0.5) is 4.39 Å². The Kier molecular flexibility index (Phi) is 9.95. The van der Waals surface area contributed by atoms with E-state index in [-0.39, 0.29) is 17.8 Å². The number of aliphatic carboxylic acids is 1. The van der Waals surface area contributed by atoms with Gasteiger partial charge in [-0.05, 0) is 105 Å². The summed E-state index contributed by atoms with van der Waals surface area (Å²) >= 11 is 0. The van der Waals surface area contributed by atoms with Gasteiger partial charge in [-0.2, -0.15) is 0 Å². The van der Waals surface area contributed by atoms with Crippen molar-refractivity contribution in [1.29, 1.82) is 0 Å². The molecule has 1 amide bonds. The predicted octanol–water partition coefficient (Wildman–Crippen LogP) is 8.10. The van der Waals surface area contributed by atoms with Crippen molar-refractivity contribution >= 4 is 22.8 Å². The lowest BCUT2D eigenvalue weighted by atomic mass is 10.0. The van der Waals surface area contributed by atoms with Crippen molar-refractivity contribution in [3.05, 3.63) is 100 Å². The number of unbranched alkanes of at least 4 members (excludes halogenated alkanes) is 1. The number of rotatable bonds is 13. The summed E-state index contributed by atoms with van der Waals surface area (Å²) < 4.78 is 22.3. The number of carboxylic acid groups (broad SMARTS) is 1. The second-order valence-corrected chi connectivity index (χ2v) is 12.4. The highest BCUT2D eigenvalue weighted by Gasteiger charge is 2.29. The van der Waals surface area contributed by atoms with Crippen LogP contribution in [0, 0.1) is 11.7 Å². The van der Waals surface area contributed by atoms with Gasteiger partial charge in [-0.3, -0.25) is 4.79 Å². The summed E-state index contributed by atoms with van der Waals surface area (Å²) in [5.41, 5.74) is 3.96. The maximum Gasteiger partial charge on any atom is 0.347 e. The Labute approximate surface area is 253 Å². The summed E-state index contributed by atoms with van der Waals surface area (Å²) in [5, 5.41) is 13.6. The number of amides is 1. The molecule has 43 heavy (non-hydrogen) atoms. The minimum absolute atomic E-state index is 0.210. The highest BCUT2D eigenvalue weighted by atomic mass is 19.1. The second kappa shape index (κ2) is 13.4. The third-order valence-corrected chi connectivity index (χ3v) is 7.62. The molecule has 0 unspecified atom stereocenters. The molecule has 228 valence electrons. The van der Waals surface area contributed by atoms with Crippen molar-refractivity contribution in [1.82, 2.24) is 9.88 Å². The molecule has 4 rings (SSSR count). The van der Waals surface area contributed by atoms with Crippen molar-refractivity contribution in [2.75, 3.05) is 0 Å². The molecule has 0 aliphatic carbocycles. The van der Waals surface area contributed by atoms with E-state index in [0.29, 0.717) is 23.7 Å². The Morgan fingerprint density at radius 1 is 1.02 bits per heavy atom. The number of nitrogens with one attached hydrogen (secondary N) is 1. The van der Waals surface area contributed by atoms with Gasteiger partial charge in [0, 0.05) is 29.2 Å². The molecule has 3 aromatic carbocycles. The molecule has 0 fully saturated rings. The van der Waals surface area contributed by atoms with Crippen molar-refractivity contribution < 1.29 is 23.8 Å². The van der Waals surface area contributed by atoms with Crippen LogP contribution in [0.2, 0.25) is 0 Å². The number of carbonyl (C=O) groups excluding carboxylic acids is 1. The average molecular weight is 587 g/mol. The summed E-state index contributed by atoms with van der Waals surface area (Å²) in [6.45, 7) is 12.1. The van der Waals surface area contributed by atoms with Gasteiger partial charge in [0.2, 0.25) is 0 Å². The van der Waals surface area contributed by atoms with Gasteiger partial charge >= 0.3 is 5.97 Å². The van der Waals surface area contributed by atoms with Crippen LogP contribution in [-0.2, 0) is 24.2 Å². The molecule has 0 saturated heterocycles. The standard InChI is InChI=1S/C36H43FN2O4/c1-7-8-10-25-15-28(19-30(37)17-25)24(4)38-34(40)27-13-14-32-29(22-39(21-23(2)3)33(32)20-27)16-26-11-9-12-31(18-26)43-36(5,6)35(41)42/h9,11-15,17-20,22-24H,7-8,10,16,21H2,1-6H3,(H,38,40)(H,41,42)/t24-/m0/s1. The lowest BCUT2D eigenvalue weighted by molar-refractivity contribution is -0.152. The zero-order valence-corrected chi connectivity index (χ0v) is 26.0.